The molecule has 0 aliphatic rings. The van der Waals surface area contributed by atoms with Gasteiger partial charge in [0, 0.05) is 24.3 Å². The van der Waals surface area contributed by atoms with Gasteiger partial charge in [0.15, 0.2) is 12.4 Å². The van der Waals surface area contributed by atoms with Crippen molar-refractivity contribution >= 4 is 10.1 Å². The van der Waals surface area contributed by atoms with Crippen LogP contribution in [-0.4, -0.2) is 18.7 Å². The van der Waals surface area contributed by atoms with Gasteiger partial charge in [0.25, 0.3) is 0 Å². The first kappa shape index (κ1) is 17.1. The second-order valence-electron chi connectivity index (χ2n) is 5.20. The van der Waals surface area contributed by atoms with Crippen molar-refractivity contribution in [1.82, 2.24) is 0 Å². The Kier molecular flexibility index (Phi) is 8.46. The molecule has 1 aromatic rings. The van der Waals surface area contributed by atoms with Crippen LogP contribution in [0, 0.1) is 0 Å². The van der Waals surface area contributed by atoms with Crippen LogP contribution >= 0.6 is 0 Å². The number of nitrogens with zero attached hydrogens (tertiary/aromatic N) is 1. The number of hydrogen-bond acceptors (Lipinski definition) is 3. The highest BCUT2D eigenvalue weighted by molar-refractivity contribution is 7.85. The van der Waals surface area contributed by atoms with Crippen molar-refractivity contribution < 1.29 is 17.5 Å². The standard InChI is InChI=1S/C15H25NO3S/c17-20(18,19)15-11-6-4-2-1-3-5-8-12-16-13-9-7-10-14-16/h7,9-10,13-14H,1-6,8,11-12,15H2. The van der Waals surface area contributed by atoms with E-state index in [1.54, 1.807) is 0 Å². The van der Waals surface area contributed by atoms with E-state index < -0.39 is 10.1 Å². The Hall–Kier alpha value is -0.940. The van der Waals surface area contributed by atoms with Gasteiger partial charge in [-0.05, 0) is 12.8 Å². The largest absolute Gasteiger partial charge is 0.748 e. The van der Waals surface area contributed by atoms with E-state index >= 15 is 0 Å². The predicted octanol–water partition coefficient (Wildman–Crippen LogP) is 2.64. The number of aryl methyl sites for hydroxylation is 1. The van der Waals surface area contributed by atoms with Crippen molar-refractivity contribution in [3.63, 3.8) is 0 Å². The van der Waals surface area contributed by atoms with E-state index in [0.29, 0.717) is 6.42 Å². The molecule has 4 nitrogen and oxygen atoms in total. The van der Waals surface area contributed by atoms with Gasteiger partial charge in [0.05, 0.1) is 10.1 Å². The van der Waals surface area contributed by atoms with Crippen LogP contribution in [-0.2, 0) is 16.7 Å². The van der Waals surface area contributed by atoms with E-state index in [1.807, 2.05) is 18.2 Å². The zero-order valence-corrected chi connectivity index (χ0v) is 12.9. The van der Waals surface area contributed by atoms with Gasteiger partial charge in [-0.3, -0.25) is 0 Å². The first-order chi connectivity index (χ1) is 9.58. The topological polar surface area (TPSA) is 61.1 Å². The summed E-state index contributed by atoms with van der Waals surface area (Å²) in [5.74, 6) is -0.207. The summed E-state index contributed by atoms with van der Waals surface area (Å²) in [6.07, 6.45) is 12.6. The maximum absolute atomic E-state index is 10.4. The Labute approximate surface area is 122 Å². The van der Waals surface area contributed by atoms with E-state index in [2.05, 4.69) is 17.0 Å². The van der Waals surface area contributed by atoms with E-state index in [9.17, 15) is 13.0 Å². The fraction of sp³-hybridized carbons (Fsp3) is 0.667. The molecule has 0 radical (unpaired) electrons. The van der Waals surface area contributed by atoms with Crippen LogP contribution in [0.3, 0.4) is 0 Å². The lowest BCUT2D eigenvalue weighted by Gasteiger charge is -2.05. The van der Waals surface area contributed by atoms with Gasteiger partial charge in [-0.25, -0.2) is 13.0 Å². The van der Waals surface area contributed by atoms with Crippen LogP contribution in [0.25, 0.3) is 0 Å². The smallest absolute Gasteiger partial charge is 0.168 e. The van der Waals surface area contributed by atoms with Crippen LogP contribution in [0.2, 0.25) is 0 Å². The first-order valence-corrected chi connectivity index (χ1v) is 9.03. The summed E-state index contributed by atoms with van der Waals surface area (Å²) in [4.78, 5) is 0. The third-order valence-corrected chi connectivity index (χ3v) is 4.13. The van der Waals surface area contributed by atoms with Gasteiger partial charge in [0.1, 0.15) is 6.54 Å². The van der Waals surface area contributed by atoms with Crippen molar-refractivity contribution in [3.05, 3.63) is 30.6 Å². The third kappa shape index (κ3) is 9.92. The second-order valence-corrected chi connectivity index (χ2v) is 6.73. The van der Waals surface area contributed by atoms with Gasteiger partial charge >= 0.3 is 0 Å². The molecular weight excluding hydrogens is 274 g/mol. The average Bonchev–Trinajstić information content (AvgIpc) is 2.41. The quantitative estimate of drug-likeness (QED) is 0.358. The van der Waals surface area contributed by atoms with E-state index in [0.717, 1.165) is 25.8 Å². The molecule has 0 aromatic carbocycles. The Bertz CT molecular complexity index is 445. The number of unbranched alkanes of at least 4 members (excludes halogenated alkanes) is 7. The predicted molar refractivity (Wildman–Crippen MR) is 78.1 cm³/mol. The number of hydrogen-bond donors (Lipinski definition) is 0. The molecule has 0 N–H and O–H groups in total. The summed E-state index contributed by atoms with van der Waals surface area (Å²) in [5.41, 5.74) is 0. The molecule has 0 saturated carbocycles. The summed E-state index contributed by atoms with van der Waals surface area (Å²) in [6, 6.07) is 6.11. The highest BCUT2D eigenvalue weighted by Gasteiger charge is 1.98. The first-order valence-electron chi connectivity index (χ1n) is 7.45. The molecule has 1 rings (SSSR count). The summed E-state index contributed by atoms with van der Waals surface area (Å²) in [6.45, 7) is 1.07. The van der Waals surface area contributed by atoms with Crippen molar-refractivity contribution in [1.29, 1.82) is 0 Å². The maximum Gasteiger partial charge on any atom is 0.168 e. The number of pyridine rings is 1. The molecule has 114 valence electrons. The SMILES string of the molecule is O=S(=O)([O-])CCCCCCCCCC[n+]1ccccc1. The van der Waals surface area contributed by atoms with Crippen molar-refractivity contribution in [2.45, 2.75) is 57.9 Å². The molecule has 0 atom stereocenters. The lowest BCUT2D eigenvalue weighted by molar-refractivity contribution is -0.697. The molecule has 0 bridgehead atoms. The van der Waals surface area contributed by atoms with E-state index in [4.69, 9.17) is 0 Å². The molecule has 5 heteroatoms. The Morgan fingerprint density at radius 1 is 0.750 bits per heavy atom. The molecule has 0 fully saturated rings. The Morgan fingerprint density at radius 3 is 1.80 bits per heavy atom. The van der Waals surface area contributed by atoms with Gasteiger partial charge < -0.3 is 4.55 Å². The monoisotopic (exact) mass is 299 g/mol. The van der Waals surface area contributed by atoms with Gasteiger partial charge in [0.2, 0.25) is 0 Å². The van der Waals surface area contributed by atoms with Crippen LogP contribution in [0.1, 0.15) is 51.4 Å². The Balaban J connectivity index is 1.86. The molecular formula is C15H25NO3S. The van der Waals surface area contributed by atoms with Crippen molar-refractivity contribution in [3.8, 4) is 0 Å². The Morgan fingerprint density at radius 2 is 1.25 bits per heavy atom. The summed E-state index contributed by atoms with van der Waals surface area (Å²) >= 11 is 0. The summed E-state index contributed by atoms with van der Waals surface area (Å²) in [5, 5.41) is 0. The lowest BCUT2D eigenvalue weighted by atomic mass is 10.1. The average molecular weight is 299 g/mol. The fourth-order valence-electron chi connectivity index (χ4n) is 2.22. The fourth-order valence-corrected chi connectivity index (χ4v) is 2.77. The molecule has 0 unspecified atom stereocenters. The second kappa shape index (κ2) is 9.88. The number of aromatic nitrogens is 1. The minimum atomic E-state index is -4.01. The number of rotatable bonds is 11. The highest BCUT2D eigenvalue weighted by atomic mass is 32.2. The third-order valence-electron chi connectivity index (χ3n) is 3.34. The summed E-state index contributed by atoms with van der Waals surface area (Å²) < 4.78 is 33.4. The van der Waals surface area contributed by atoms with Crippen LogP contribution in [0.15, 0.2) is 30.6 Å². The molecule has 0 amide bonds. The molecule has 0 saturated heterocycles. The zero-order chi connectivity index (χ0) is 14.7. The molecule has 1 heterocycles. The van der Waals surface area contributed by atoms with Gasteiger partial charge in [-0.15, -0.1) is 0 Å². The zero-order valence-electron chi connectivity index (χ0n) is 12.0. The van der Waals surface area contributed by atoms with Crippen LogP contribution < -0.4 is 4.57 Å². The minimum Gasteiger partial charge on any atom is -0.748 e. The van der Waals surface area contributed by atoms with Crippen molar-refractivity contribution in [2.24, 2.45) is 0 Å². The minimum absolute atomic E-state index is 0.207. The van der Waals surface area contributed by atoms with Crippen molar-refractivity contribution in [2.75, 3.05) is 5.75 Å². The molecule has 0 aliphatic carbocycles. The van der Waals surface area contributed by atoms with Crippen LogP contribution in [0.5, 0.6) is 0 Å². The normalized spacial score (nSPS) is 11.7. The van der Waals surface area contributed by atoms with E-state index in [-0.39, 0.29) is 5.75 Å². The lowest BCUT2D eigenvalue weighted by Crippen LogP contribution is -2.32. The highest BCUT2D eigenvalue weighted by Crippen LogP contribution is 2.09. The van der Waals surface area contributed by atoms with Gasteiger partial charge in [-0.1, -0.05) is 38.2 Å². The molecule has 20 heavy (non-hydrogen) atoms. The molecule has 0 aliphatic heterocycles. The van der Waals surface area contributed by atoms with Crippen LogP contribution in [0.4, 0.5) is 0 Å². The maximum atomic E-state index is 10.4. The molecule has 1 aromatic heterocycles. The van der Waals surface area contributed by atoms with E-state index in [1.165, 1.54) is 25.7 Å². The van der Waals surface area contributed by atoms with Gasteiger partial charge in [-0.2, -0.15) is 0 Å². The molecule has 0 spiro atoms. The summed E-state index contributed by atoms with van der Waals surface area (Å²) in [7, 11) is -4.01.